The van der Waals surface area contributed by atoms with Crippen molar-refractivity contribution in [1.29, 1.82) is 0 Å². The van der Waals surface area contributed by atoms with E-state index in [1.165, 1.54) is 4.90 Å². The van der Waals surface area contributed by atoms with Gasteiger partial charge in [-0.3, -0.25) is 14.4 Å². The van der Waals surface area contributed by atoms with Crippen LogP contribution in [0.1, 0.15) is 18.4 Å². The highest BCUT2D eigenvalue weighted by atomic mass is 35.5. The molecule has 5 rings (SSSR count). The van der Waals surface area contributed by atoms with Crippen LogP contribution in [0.4, 0.5) is 5.69 Å². The van der Waals surface area contributed by atoms with Gasteiger partial charge in [-0.2, -0.15) is 0 Å². The van der Waals surface area contributed by atoms with E-state index in [2.05, 4.69) is 13.2 Å². The lowest BCUT2D eigenvalue weighted by atomic mass is 9.70. The summed E-state index contributed by atoms with van der Waals surface area (Å²) in [7, 11) is 0. The summed E-state index contributed by atoms with van der Waals surface area (Å²) >= 11 is 7.72. The highest BCUT2D eigenvalue weighted by molar-refractivity contribution is 8.02. The summed E-state index contributed by atoms with van der Waals surface area (Å²) in [4.78, 5) is 47.5. The number of amides is 3. The van der Waals surface area contributed by atoms with Gasteiger partial charge in [-0.1, -0.05) is 54.1 Å². The van der Waals surface area contributed by atoms with Gasteiger partial charge in [-0.25, -0.2) is 0 Å². The van der Waals surface area contributed by atoms with Gasteiger partial charge < -0.3 is 19.8 Å². The van der Waals surface area contributed by atoms with E-state index in [9.17, 15) is 19.5 Å². The van der Waals surface area contributed by atoms with Gasteiger partial charge in [0.05, 0.1) is 23.2 Å². The number of nitrogens with zero attached hydrogens (tertiary/aromatic N) is 3. The van der Waals surface area contributed by atoms with Crippen molar-refractivity contribution in [2.24, 2.45) is 11.8 Å². The number of rotatable bonds is 11. The van der Waals surface area contributed by atoms with Crippen molar-refractivity contribution in [2.45, 2.75) is 35.4 Å². The molecule has 1 spiro atoms. The molecule has 0 radical (unpaired) electrons. The number of benzene rings is 2. The molecule has 210 valence electrons. The Morgan fingerprint density at radius 2 is 1.77 bits per heavy atom. The largest absolute Gasteiger partial charge is 0.395 e. The fourth-order valence-electron chi connectivity index (χ4n) is 6.69. The second-order valence-electron chi connectivity index (χ2n) is 10.5. The molecular weight excluding hydrogens is 546 g/mol. The van der Waals surface area contributed by atoms with E-state index in [4.69, 9.17) is 11.6 Å². The lowest BCUT2D eigenvalue weighted by Gasteiger charge is -2.37. The summed E-state index contributed by atoms with van der Waals surface area (Å²) in [5.41, 5.74) is 1.65. The molecule has 2 unspecified atom stereocenters. The third kappa shape index (κ3) is 4.86. The number of fused-ring (bicyclic) bond motifs is 1. The molecule has 2 aromatic rings. The number of likely N-dealkylation sites (tertiary alicyclic amines) is 1. The molecule has 2 bridgehead atoms. The summed E-state index contributed by atoms with van der Waals surface area (Å²) < 4.78 is -0.743. The molecule has 3 amide bonds. The van der Waals surface area contributed by atoms with Gasteiger partial charge in [0.1, 0.15) is 6.04 Å². The molecule has 3 saturated heterocycles. The van der Waals surface area contributed by atoms with Crippen LogP contribution in [0, 0.1) is 11.8 Å². The predicted octanol–water partition coefficient (Wildman–Crippen LogP) is 4.16. The van der Waals surface area contributed by atoms with Crippen LogP contribution in [0.15, 0.2) is 79.9 Å². The van der Waals surface area contributed by atoms with Crippen molar-refractivity contribution in [1.82, 2.24) is 9.80 Å². The number of aliphatic hydroxyl groups excluding tert-OH is 1. The second kappa shape index (κ2) is 11.8. The Bertz CT molecular complexity index is 1290. The van der Waals surface area contributed by atoms with Crippen molar-refractivity contribution in [3.8, 4) is 0 Å². The lowest BCUT2D eigenvalue weighted by molar-refractivity contribution is -0.144. The van der Waals surface area contributed by atoms with Crippen LogP contribution in [-0.4, -0.2) is 74.9 Å². The molecule has 1 N–H and O–H groups in total. The van der Waals surface area contributed by atoms with Crippen molar-refractivity contribution in [3.63, 3.8) is 0 Å². The zero-order valence-corrected chi connectivity index (χ0v) is 23.9. The Morgan fingerprint density at radius 1 is 1.07 bits per heavy atom. The van der Waals surface area contributed by atoms with Gasteiger partial charge in [-0.05, 0) is 42.7 Å². The fourth-order valence-corrected chi connectivity index (χ4v) is 9.02. The van der Waals surface area contributed by atoms with Crippen LogP contribution < -0.4 is 4.90 Å². The van der Waals surface area contributed by atoms with E-state index in [0.717, 1.165) is 12.0 Å². The van der Waals surface area contributed by atoms with E-state index in [1.807, 2.05) is 30.3 Å². The number of anilines is 1. The molecule has 0 aromatic heterocycles. The molecule has 9 heteroatoms. The maximum Gasteiger partial charge on any atom is 0.251 e. The number of hydrogen-bond acceptors (Lipinski definition) is 5. The standard InChI is InChI=1S/C31H34ClN3O4S/c1-3-16-33(20-21-8-6-5-7-9-21)28(37)25-24-14-15-31(40-24)26(25)29(38)35(18-19-36)27(31)30(39)34(17-4-2)23-12-10-22(32)11-13-23/h3-13,24-27,36H,1-2,14-20H2/t24-,25+,26+,27?,31?/m1/s1. The molecule has 3 heterocycles. The van der Waals surface area contributed by atoms with E-state index < -0.39 is 22.6 Å². The zero-order chi connectivity index (χ0) is 28.4. The Morgan fingerprint density at radius 3 is 2.42 bits per heavy atom. The van der Waals surface area contributed by atoms with E-state index in [1.54, 1.807) is 58.0 Å². The Balaban J connectivity index is 1.50. The maximum absolute atomic E-state index is 14.4. The Kier molecular flexibility index (Phi) is 8.40. The molecule has 5 atom stereocenters. The van der Waals surface area contributed by atoms with Crippen LogP contribution in [0.5, 0.6) is 0 Å². The molecule has 0 aliphatic carbocycles. The molecule has 7 nitrogen and oxygen atoms in total. The van der Waals surface area contributed by atoms with Crippen LogP contribution in [-0.2, 0) is 20.9 Å². The van der Waals surface area contributed by atoms with Crippen molar-refractivity contribution < 1.29 is 19.5 Å². The summed E-state index contributed by atoms with van der Waals surface area (Å²) in [5.74, 6) is -1.73. The normalized spacial score (nSPS) is 26.4. The first-order chi connectivity index (χ1) is 19.4. The predicted molar refractivity (Wildman–Crippen MR) is 159 cm³/mol. The molecule has 3 aliphatic rings. The van der Waals surface area contributed by atoms with E-state index in [0.29, 0.717) is 30.2 Å². The van der Waals surface area contributed by atoms with Crippen LogP contribution in [0.3, 0.4) is 0 Å². The number of β-amino-alcohol motifs (C(OH)–C–C–N with tert-alkyl or cyclic N) is 1. The number of thioether (sulfide) groups is 1. The van der Waals surface area contributed by atoms with Gasteiger partial charge in [0, 0.05) is 42.1 Å². The average molecular weight is 580 g/mol. The minimum Gasteiger partial charge on any atom is -0.395 e. The third-order valence-electron chi connectivity index (χ3n) is 8.25. The monoisotopic (exact) mass is 579 g/mol. The molecule has 40 heavy (non-hydrogen) atoms. The summed E-state index contributed by atoms with van der Waals surface area (Å²) in [5, 5.41) is 10.4. The SMILES string of the molecule is C=CCN(Cc1ccccc1)C(=O)[C@@H]1[C@H]2C(=O)N(CCO)C(C(=O)N(CC=C)c3ccc(Cl)cc3)C23CC[C@H]1S3. The van der Waals surface area contributed by atoms with Crippen LogP contribution in [0.2, 0.25) is 5.02 Å². The highest BCUT2D eigenvalue weighted by Crippen LogP contribution is 2.66. The molecule has 2 aromatic carbocycles. The summed E-state index contributed by atoms with van der Waals surface area (Å²) in [6, 6.07) is 15.9. The molecule has 3 fully saturated rings. The van der Waals surface area contributed by atoms with Crippen molar-refractivity contribution in [2.75, 3.05) is 31.1 Å². The summed E-state index contributed by atoms with van der Waals surface area (Å²) in [6.45, 7) is 8.48. The van der Waals surface area contributed by atoms with Crippen molar-refractivity contribution in [3.05, 3.63) is 90.5 Å². The number of halogens is 1. The van der Waals surface area contributed by atoms with Crippen molar-refractivity contribution >= 4 is 46.8 Å². The highest BCUT2D eigenvalue weighted by Gasteiger charge is 2.74. The first-order valence-corrected chi connectivity index (χ1v) is 14.8. The Labute approximate surface area is 244 Å². The van der Waals surface area contributed by atoms with Gasteiger partial charge in [0.15, 0.2) is 0 Å². The number of aliphatic hydroxyl groups is 1. The third-order valence-corrected chi connectivity index (χ3v) is 10.5. The minimum atomic E-state index is -0.803. The van der Waals surface area contributed by atoms with Gasteiger partial charge in [0.25, 0.3) is 5.91 Å². The topological polar surface area (TPSA) is 81.2 Å². The second-order valence-corrected chi connectivity index (χ2v) is 12.6. The number of hydrogen-bond donors (Lipinski definition) is 1. The van der Waals surface area contributed by atoms with Gasteiger partial charge >= 0.3 is 0 Å². The average Bonchev–Trinajstić information content (AvgIpc) is 3.60. The quantitative estimate of drug-likeness (QED) is 0.404. The lowest BCUT2D eigenvalue weighted by Crippen LogP contribution is -2.55. The van der Waals surface area contributed by atoms with Gasteiger partial charge in [0.2, 0.25) is 11.8 Å². The number of carbonyl (C=O) groups excluding carboxylic acids is 3. The summed E-state index contributed by atoms with van der Waals surface area (Å²) in [6.07, 6.45) is 4.76. The number of carbonyl (C=O) groups is 3. The van der Waals surface area contributed by atoms with Crippen LogP contribution >= 0.6 is 23.4 Å². The van der Waals surface area contributed by atoms with Gasteiger partial charge in [-0.15, -0.1) is 24.9 Å². The molecule has 3 aliphatic heterocycles. The molecular formula is C31H34ClN3O4S. The van der Waals surface area contributed by atoms with E-state index >= 15 is 0 Å². The maximum atomic E-state index is 14.4. The Hall–Kier alpha value is -3.07. The minimum absolute atomic E-state index is 0.0303. The fraction of sp³-hybridized carbons (Fsp3) is 0.387. The zero-order valence-electron chi connectivity index (χ0n) is 22.3. The van der Waals surface area contributed by atoms with Crippen LogP contribution in [0.25, 0.3) is 0 Å². The first kappa shape index (κ1) is 28.5. The first-order valence-electron chi connectivity index (χ1n) is 13.6. The molecule has 0 saturated carbocycles. The smallest absolute Gasteiger partial charge is 0.251 e. The van der Waals surface area contributed by atoms with E-state index in [-0.39, 0.29) is 42.7 Å².